The summed E-state index contributed by atoms with van der Waals surface area (Å²) in [5.74, 6) is 1.96. The first-order valence-electron chi connectivity index (χ1n) is 7.90. The molecule has 0 bridgehead atoms. The summed E-state index contributed by atoms with van der Waals surface area (Å²) in [6.07, 6.45) is 0. The van der Waals surface area contributed by atoms with E-state index in [1.165, 1.54) is 25.6 Å². The molecule has 0 spiro atoms. The highest BCUT2D eigenvalue weighted by molar-refractivity contribution is 7.22. The fraction of sp³-hybridized carbons (Fsp3) is 0.222. The Hall–Kier alpha value is -3.20. The maximum Gasteiger partial charge on any atom is 0.269 e. The number of carbonyl (C=O) groups is 1. The highest BCUT2D eigenvalue weighted by Crippen LogP contribution is 2.36. The minimum absolute atomic E-state index is 0.351. The molecule has 0 unspecified atom stereocenters. The first-order valence-corrected chi connectivity index (χ1v) is 8.71. The van der Waals surface area contributed by atoms with Crippen LogP contribution in [0.2, 0.25) is 0 Å². The van der Waals surface area contributed by atoms with Crippen LogP contribution in [0.15, 0.2) is 30.3 Å². The number of hydrazine groups is 1. The van der Waals surface area contributed by atoms with Crippen molar-refractivity contribution in [3.8, 4) is 23.0 Å². The highest BCUT2D eigenvalue weighted by atomic mass is 32.1. The number of thiazole rings is 1. The zero-order chi connectivity index (χ0) is 19.4. The predicted octanol–water partition coefficient (Wildman–Crippen LogP) is 3.09. The van der Waals surface area contributed by atoms with E-state index in [0.29, 0.717) is 39.2 Å². The van der Waals surface area contributed by atoms with E-state index in [1.54, 1.807) is 38.5 Å². The molecule has 142 valence electrons. The number of hydrogen-bond donors (Lipinski definition) is 2. The molecule has 0 aliphatic rings. The average Bonchev–Trinajstić information content (AvgIpc) is 3.13. The molecule has 0 aliphatic carbocycles. The van der Waals surface area contributed by atoms with Crippen molar-refractivity contribution in [2.24, 2.45) is 0 Å². The fourth-order valence-corrected chi connectivity index (χ4v) is 3.29. The quantitative estimate of drug-likeness (QED) is 0.600. The monoisotopic (exact) mass is 389 g/mol. The smallest absolute Gasteiger partial charge is 0.269 e. The van der Waals surface area contributed by atoms with E-state index in [1.807, 2.05) is 6.07 Å². The number of anilines is 1. The van der Waals surface area contributed by atoms with Crippen LogP contribution in [0.3, 0.4) is 0 Å². The number of benzene rings is 2. The van der Waals surface area contributed by atoms with Crippen molar-refractivity contribution >= 4 is 32.6 Å². The molecule has 2 aromatic carbocycles. The van der Waals surface area contributed by atoms with Gasteiger partial charge in [0.2, 0.25) is 5.13 Å². The Balaban J connectivity index is 1.79. The molecule has 1 amide bonds. The number of aromatic nitrogens is 1. The largest absolute Gasteiger partial charge is 0.497 e. The standard InChI is InChI=1S/C18H19N3O5S/c1-23-11-5-10(6-12(7-11)24-2)17(22)20-21-18-19-16-14(26-4)8-13(25-3)9-15(16)27-18/h5-9H,1-4H3,(H,19,21)(H,20,22). The van der Waals surface area contributed by atoms with Gasteiger partial charge in [0.25, 0.3) is 5.91 Å². The normalized spacial score (nSPS) is 10.4. The predicted molar refractivity (Wildman–Crippen MR) is 103 cm³/mol. The third-order valence-corrected chi connectivity index (χ3v) is 4.70. The van der Waals surface area contributed by atoms with Crippen LogP contribution in [0.5, 0.6) is 23.0 Å². The lowest BCUT2D eigenvalue weighted by atomic mass is 10.2. The van der Waals surface area contributed by atoms with Gasteiger partial charge < -0.3 is 18.9 Å². The Bertz CT molecular complexity index is 951. The Morgan fingerprint density at radius 3 is 2.11 bits per heavy atom. The Labute approximate surface area is 160 Å². The van der Waals surface area contributed by atoms with Crippen molar-refractivity contribution in [1.82, 2.24) is 10.4 Å². The van der Waals surface area contributed by atoms with E-state index in [0.717, 1.165) is 4.70 Å². The van der Waals surface area contributed by atoms with Crippen molar-refractivity contribution in [1.29, 1.82) is 0 Å². The van der Waals surface area contributed by atoms with Crippen molar-refractivity contribution < 1.29 is 23.7 Å². The number of methoxy groups -OCH3 is 4. The van der Waals surface area contributed by atoms with E-state index in [9.17, 15) is 4.79 Å². The lowest BCUT2D eigenvalue weighted by Gasteiger charge is -2.09. The number of rotatable bonds is 7. The molecule has 3 aromatic rings. The van der Waals surface area contributed by atoms with Crippen LogP contribution in [-0.2, 0) is 0 Å². The number of carbonyl (C=O) groups excluding carboxylic acids is 1. The summed E-state index contributed by atoms with van der Waals surface area (Å²) in [5.41, 5.74) is 6.52. The molecule has 0 saturated carbocycles. The van der Waals surface area contributed by atoms with Gasteiger partial charge in [0.05, 0.1) is 33.1 Å². The molecule has 0 fully saturated rings. The van der Waals surface area contributed by atoms with E-state index >= 15 is 0 Å². The number of nitrogens with one attached hydrogen (secondary N) is 2. The van der Waals surface area contributed by atoms with E-state index < -0.39 is 0 Å². The summed E-state index contributed by atoms with van der Waals surface area (Å²) < 4.78 is 21.8. The second-order valence-electron chi connectivity index (χ2n) is 5.38. The van der Waals surface area contributed by atoms with E-state index in [2.05, 4.69) is 15.8 Å². The topological polar surface area (TPSA) is 90.9 Å². The van der Waals surface area contributed by atoms with Gasteiger partial charge in [0.1, 0.15) is 28.5 Å². The van der Waals surface area contributed by atoms with Gasteiger partial charge >= 0.3 is 0 Å². The molecule has 0 aliphatic heterocycles. The maximum absolute atomic E-state index is 12.4. The maximum atomic E-state index is 12.4. The Morgan fingerprint density at radius 2 is 1.52 bits per heavy atom. The van der Waals surface area contributed by atoms with Crippen LogP contribution < -0.4 is 29.8 Å². The van der Waals surface area contributed by atoms with E-state index in [4.69, 9.17) is 18.9 Å². The number of nitrogens with zero attached hydrogens (tertiary/aromatic N) is 1. The number of fused-ring (bicyclic) bond motifs is 1. The van der Waals surface area contributed by atoms with Crippen LogP contribution in [0.25, 0.3) is 10.2 Å². The Kier molecular flexibility index (Phi) is 5.51. The van der Waals surface area contributed by atoms with Gasteiger partial charge in [0.15, 0.2) is 0 Å². The van der Waals surface area contributed by atoms with Crippen molar-refractivity contribution in [3.63, 3.8) is 0 Å². The molecule has 0 atom stereocenters. The number of ether oxygens (including phenoxy) is 4. The molecule has 2 N–H and O–H groups in total. The van der Waals surface area contributed by atoms with Gasteiger partial charge in [-0.3, -0.25) is 15.6 Å². The van der Waals surface area contributed by atoms with Crippen LogP contribution in [0.4, 0.5) is 5.13 Å². The first kappa shape index (κ1) is 18.6. The summed E-state index contributed by atoms with van der Waals surface area (Å²) in [4.78, 5) is 16.9. The summed E-state index contributed by atoms with van der Waals surface area (Å²) in [6.45, 7) is 0. The van der Waals surface area contributed by atoms with Crippen molar-refractivity contribution in [3.05, 3.63) is 35.9 Å². The van der Waals surface area contributed by atoms with Crippen LogP contribution in [-0.4, -0.2) is 39.3 Å². The molecule has 3 rings (SSSR count). The highest BCUT2D eigenvalue weighted by Gasteiger charge is 2.13. The van der Waals surface area contributed by atoms with Gasteiger partial charge in [-0.2, -0.15) is 0 Å². The second kappa shape index (κ2) is 8.00. The van der Waals surface area contributed by atoms with Crippen molar-refractivity contribution in [2.45, 2.75) is 0 Å². The second-order valence-corrected chi connectivity index (χ2v) is 6.41. The molecule has 8 nitrogen and oxygen atoms in total. The minimum atomic E-state index is -0.351. The van der Waals surface area contributed by atoms with Gasteiger partial charge in [0, 0.05) is 17.7 Å². The van der Waals surface area contributed by atoms with Gasteiger partial charge in [-0.05, 0) is 18.2 Å². The minimum Gasteiger partial charge on any atom is -0.497 e. The fourth-order valence-electron chi connectivity index (χ4n) is 2.42. The van der Waals surface area contributed by atoms with Gasteiger partial charge in [-0.25, -0.2) is 4.98 Å². The molecule has 9 heteroatoms. The summed E-state index contributed by atoms with van der Waals surface area (Å²) in [7, 11) is 6.21. The lowest BCUT2D eigenvalue weighted by Crippen LogP contribution is -2.29. The number of hydrogen-bond acceptors (Lipinski definition) is 8. The van der Waals surface area contributed by atoms with Crippen molar-refractivity contribution in [2.75, 3.05) is 33.9 Å². The summed E-state index contributed by atoms with van der Waals surface area (Å²) >= 11 is 1.36. The van der Waals surface area contributed by atoms with Crippen LogP contribution in [0, 0.1) is 0 Å². The lowest BCUT2D eigenvalue weighted by molar-refractivity contribution is 0.0962. The van der Waals surface area contributed by atoms with Gasteiger partial charge in [-0.1, -0.05) is 11.3 Å². The molecule has 1 aromatic heterocycles. The SMILES string of the molecule is COc1cc(OC)cc(C(=O)NNc2nc3c(OC)cc(OC)cc3s2)c1. The van der Waals surface area contributed by atoms with E-state index in [-0.39, 0.29) is 5.91 Å². The van der Waals surface area contributed by atoms with Crippen LogP contribution >= 0.6 is 11.3 Å². The first-order chi connectivity index (χ1) is 13.1. The average molecular weight is 389 g/mol. The summed E-state index contributed by atoms with van der Waals surface area (Å²) in [5, 5.41) is 0.514. The molecule has 1 heterocycles. The summed E-state index contributed by atoms with van der Waals surface area (Å²) in [6, 6.07) is 8.54. The third kappa shape index (κ3) is 3.98. The third-order valence-electron chi connectivity index (χ3n) is 3.79. The molecule has 0 radical (unpaired) electrons. The Morgan fingerprint density at radius 1 is 0.889 bits per heavy atom. The number of amides is 1. The molecular weight excluding hydrogens is 370 g/mol. The molecule has 27 heavy (non-hydrogen) atoms. The van der Waals surface area contributed by atoms with Gasteiger partial charge in [-0.15, -0.1) is 0 Å². The van der Waals surface area contributed by atoms with Crippen LogP contribution in [0.1, 0.15) is 10.4 Å². The molecular formula is C18H19N3O5S. The zero-order valence-electron chi connectivity index (χ0n) is 15.3. The molecule has 0 saturated heterocycles. The zero-order valence-corrected chi connectivity index (χ0v) is 16.1.